The Labute approximate surface area is 205 Å². The summed E-state index contributed by atoms with van der Waals surface area (Å²) in [4.78, 5) is 26.8. The quantitative estimate of drug-likeness (QED) is 0.250. The van der Waals surface area contributed by atoms with Crippen LogP contribution in [0.2, 0.25) is 0 Å². The number of thioether (sulfide) groups is 1. The largest absolute Gasteiger partial charge is 0.490 e. The number of imide groups is 1. The number of carbonyl (C=O) groups excluding carboxylic acids is 2. The lowest BCUT2D eigenvalue weighted by atomic mass is 10.2. The Balaban J connectivity index is 1.30. The number of benzene rings is 3. The zero-order valence-electron chi connectivity index (χ0n) is 18.0. The molecule has 0 radical (unpaired) electrons. The average Bonchev–Trinajstić information content (AvgIpc) is 3.07. The molecule has 1 fully saturated rings. The maximum atomic E-state index is 12.7. The molecule has 7 heteroatoms. The number of hydrogen-bond acceptors (Lipinski definition) is 5. The first kappa shape index (κ1) is 23.1. The molecule has 0 saturated carbocycles. The van der Waals surface area contributed by atoms with E-state index in [1.54, 1.807) is 6.08 Å². The molecule has 0 atom stereocenters. The van der Waals surface area contributed by atoms with Gasteiger partial charge in [0.2, 0.25) is 0 Å². The Morgan fingerprint density at radius 3 is 2.03 bits per heavy atom. The van der Waals surface area contributed by atoms with Crippen molar-refractivity contribution in [1.29, 1.82) is 0 Å². The number of halogens is 1. The van der Waals surface area contributed by atoms with E-state index in [4.69, 9.17) is 9.47 Å². The first-order valence-corrected chi connectivity index (χ1v) is 12.0. The summed E-state index contributed by atoms with van der Waals surface area (Å²) in [5.74, 6) is 1.25. The summed E-state index contributed by atoms with van der Waals surface area (Å²) in [5, 5.41) is -0.261. The maximum Gasteiger partial charge on any atom is 0.293 e. The van der Waals surface area contributed by atoms with Crippen molar-refractivity contribution in [3.8, 4) is 11.5 Å². The van der Waals surface area contributed by atoms with E-state index in [2.05, 4.69) is 15.9 Å². The predicted molar refractivity (Wildman–Crippen MR) is 134 cm³/mol. The molecule has 0 spiro atoms. The lowest BCUT2D eigenvalue weighted by molar-refractivity contribution is -0.123. The van der Waals surface area contributed by atoms with Crippen molar-refractivity contribution < 1.29 is 19.1 Å². The van der Waals surface area contributed by atoms with Crippen molar-refractivity contribution >= 4 is 44.9 Å². The molecule has 0 N–H and O–H groups in total. The molecule has 0 bridgehead atoms. The molecule has 4 rings (SSSR count). The van der Waals surface area contributed by atoms with Gasteiger partial charge in [0.05, 0.1) is 11.4 Å². The Bertz CT molecular complexity index is 1160. The van der Waals surface area contributed by atoms with Gasteiger partial charge in [-0.2, -0.15) is 0 Å². The van der Waals surface area contributed by atoms with Gasteiger partial charge < -0.3 is 9.47 Å². The summed E-state index contributed by atoms with van der Waals surface area (Å²) in [7, 11) is 0. The monoisotopic (exact) mass is 523 g/mol. The number of rotatable bonds is 8. The third-order valence-electron chi connectivity index (χ3n) is 4.95. The van der Waals surface area contributed by atoms with Gasteiger partial charge in [-0.1, -0.05) is 57.9 Å². The second-order valence-electron chi connectivity index (χ2n) is 7.47. The SMILES string of the molecule is Cc1ccc(OCCOc2ccc(/C=C3\SC(=O)N(Cc4ccc(Br)cc4)C3=O)cc2)cc1. The Morgan fingerprint density at radius 2 is 1.42 bits per heavy atom. The minimum Gasteiger partial charge on any atom is -0.490 e. The van der Waals surface area contributed by atoms with Crippen LogP contribution in [-0.4, -0.2) is 29.3 Å². The van der Waals surface area contributed by atoms with Crippen molar-refractivity contribution in [2.75, 3.05) is 13.2 Å². The minimum absolute atomic E-state index is 0.257. The topological polar surface area (TPSA) is 55.8 Å². The number of aryl methyl sites for hydroxylation is 1. The first-order chi connectivity index (χ1) is 16.0. The number of carbonyl (C=O) groups is 2. The van der Waals surface area contributed by atoms with E-state index < -0.39 is 0 Å². The van der Waals surface area contributed by atoms with Crippen LogP contribution in [0.15, 0.2) is 82.2 Å². The summed E-state index contributed by atoms with van der Waals surface area (Å²) in [6.45, 7) is 3.15. The van der Waals surface area contributed by atoms with Crippen molar-refractivity contribution in [2.24, 2.45) is 0 Å². The molecule has 0 unspecified atom stereocenters. The second-order valence-corrected chi connectivity index (χ2v) is 9.38. The molecule has 2 amide bonds. The van der Waals surface area contributed by atoms with E-state index in [0.29, 0.717) is 23.9 Å². The van der Waals surface area contributed by atoms with Gasteiger partial charge >= 0.3 is 0 Å². The van der Waals surface area contributed by atoms with Gasteiger partial charge in [-0.05, 0) is 72.3 Å². The van der Waals surface area contributed by atoms with Crippen molar-refractivity contribution in [2.45, 2.75) is 13.5 Å². The number of nitrogens with zero attached hydrogens (tertiary/aromatic N) is 1. The van der Waals surface area contributed by atoms with E-state index in [1.165, 1.54) is 10.5 Å². The van der Waals surface area contributed by atoms with E-state index in [9.17, 15) is 9.59 Å². The summed E-state index contributed by atoms with van der Waals surface area (Å²) in [6.07, 6.45) is 1.73. The summed E-state index contributed by atoms with van der Waals surface area (Å²) in [5.41, 5.74) is 2.91. The lowest BCUT2D eigenvalue weighted by Gasteiger charge is -2.12. The van der Waals surface area contributed by atoms with Crippen LogP contribution in [0.4, 0.5) is 4.79 Å². The highest BCUT2D eigenvalue weighted by molar-refractivity contribution is 9.10. The summed E-state index contributed by atoms with van der Waals surface area (Å²) < 4.78 is 12.3. The van der Waals surface area contributed by atoms with Crippen LogP contribution in [0.3, 0.4) is 0 Å². The van der Waals surface area contributed by atoms with Gasteiger partial charge in [0, 0.05) is 4.47 Å². The van der Waals surface area contributed by atoms with Crippen LogP contribution >= 0.6 is 27.7 Å². The van der Waals surface area contributed by atoms with Gasteiger partial charge in [0.25, 0.3) is 11.1 Å². The molecule has 1 saturated heterocycles. The smallest absolute Gasteiger partial charge is 0.293 e. The third-order valence-corrected chi connectivity index (χ3v) is 6.38. The van der Waals surface area contributed by atoms with Crippen LogP contribution < -0.4 is 9.47 Å². The summed E-state index contributed by atoms with van der Waals surface area (Å²) in [6, 6.07) is 22.8. The molecule has 1 heterocycles. The highest BCUT2D eigenvalue weighted by Gasteiger charge is 2.34. The number of ether oxygens (including phenoxy) is 2. The van der Waals surface area contributed by atoms with Crippen molar-refractivity contribution in [1.82, 2.24) is 4.90 Å². The number of amides is 2. The van der Waals surface area contributed by atoms with Crippen LogP contribution in [0, 0.1) is 6.92 Å². The zero-order chi connectivity index (χ0) is 23.2. The van der Waals surface area contributed by atoms with Gasteiger partial charge in [0.15, 0.2) is 0 Å². The Morgan fingerprint density at radius 1 is 0.848 bits per heavy atom. The highest BCUT2D eigenvalue weighted by atomic mass is 79.9. The second kappa shape index (κ2) is 10.7. The molecule has 0 aliphatic carbocycles. The maximum absolute atomic E-state index is 12.7. The van der Waals surface area contributed by atoms with Gasteiger partial charge in [0.1, 0.15) is 24.7 Å². The molecule has 0 aromatic heterocycles. The zero-order valence-corrected chi connectivity index (χ0v) is 20.4. The van der Waals surface area contributed by atoms with E-state index in [-0.39, 0.29) is 17.7 Å². The summed E-state index contributed by atoms with van der Waals surface area (Å²) >= 11 is 4.35. The van der Waals surface area contributed by atoms with E-state index in [1.807, 2.05) is 79.7 Å². The molecule has 1 aliphatic rings. The van der Waals surface area contributed by atoms with E-state index in [0.717, 1.165) is 33.1 Å². The van der Waals surface area contributed by atoms with Crippen LogP contribution in [0.5, 0.6) is 11.5 Å². The molecular weight excluding hydrogens is 502 g/mol. The Kier molecular flexibility index (Phi) is 7.52. The van der Waals surface area contributed by atoms with Crippen molar-refractivity contribution in [3.05, 3.63) is 98.9 Å². The Hall–Kier alpha value is -3.03. The van der Waals surface area contributed by atoms with E-state index >= 15 is 0 Å². The first-order valence-electron chi connectivity index (χ1n) is 10.4. The molecule has 1 aliphatic heterocycles. The number of hydrogen-bond donors (Lipinski definition) is 0. The standard InChI is InChI=1S/C26H22BrNO4S/c1-18-2-10-22(11-3-18)31-14-15-32-23-12-6-19(7-13-23)16-24-25(29)28(26(30)33-24)17-20-4-8-21(27)9-5-20/h2-13,16H,14-15,17H2,1H3/b24-16-. The highest BCUT2D eigenvalue weighted by Crippen LogP contribution is 2.33. The van der Waals surface area contributed by atoms with Gasteiger partial charge in [-0.15, -0.1) is 0 Å². The fourth-order valence-electron chi connectivity index (χ4n) is 3.17. The molecule has 5 nitrogen and oxygen atoms in total. The molecule has 168 valence electrons. The normalized spacial score (nSPS) is 14.7. The molecular formula is C26H22BrNO4S. The lowest BCUT2D eigenvalue weighted by Crippen LogP contribution is -2.27. The van der Waals surface area contributed by atoms with Crippen LogP contribution in [0.1, 0.15) is 16.7 Å². The minimum atomic E-state index is -0.276. The fraction of sp³-hybridized carbons (Fsp3) is 0.154. The van der Waals surface area contributed by atoms with Crippen LogP contribution in [-0.2, 0) is 11.3 Å². The molecule has 3 aromatic carbocycles. The van der Waals surface area contributed by atoms with Crippen molar-refractivity contribution in [3.63, 3.8) is 0 Å². The molecule has 3 aromatic rings. The third kappa shape index (κ3) is 6.27. The van der Waals surface area contributed by atoms with Crippen LogP contribution in [0.25, 0.3) is 6.08 Å². The molecule has 33 heavy (non-hydrogen) atoms. The van der Waals surface area contributed by atoms with Gasteiger partial charge in [-0.25, -0.2) is 0 Å². The predicted octanol–water partition coefficient (Wildman–Crippen LogP) is 6.45. The van der Waals surface area contributed by atoms with Gasteiger partial charge in [-0.3, -0.25) is 14.5 Å². The fourth-order valence-corrected chi connectivity index (χ4v) is 4.28. The average molecular weight is 524 g/mol.